The fourth-order valence-corrected chi connectivity index (χ4v) is 5.57. The Balaban J connectivity index is 1.62. The van der Waals surface area contributed by atoms with Gasteiger partial charge in [0, 0.05) is 43.1 Å². The Kier molecular flexibility index (Phi) is 7.21. The van der Waals surface area contributed by atoms with E-state index in [1.54, 1.807) is 17.7 Å². The molecule has 35 heavy (non-hydrogen) atoms. The molecule has 8 heteroatoms. The van der Waals surface area contributed by atoms with Crippen LogP contribution in [0.1, 0.15) is 47.3 Å². The van der Waals surface area contributed by atoms with E-state index >= 15 is 0 Å². The van der Waals surface area contributed by atoms with Crippen molar-refractivity contribution in [3.05, 3.63) is 71.4 Å². The van der Waals surface area contributed by atoms with Crippen LogP contribution in [0, 0.1) is 5.92 Å². The summed E-state index contributed by atoms with van der Waals surface area (Å²) in [6.45, 7) is 1.63. The molecule has 3 aromatic rings. The van der Waals surface area contributed by atoms with Gasteiger partial charge in [-0.15, -0.1) is 0 Å². The number of nitrogens with two attached hydrogens (primary N) is 1. The molecule has 0 saturated heterocycles. The van der Waals surface area contributed by atoms with Gasteiger partial charge in [0.15, 0.2) is 0 Å². The van der Waals surface area contributed by atoms with Crippen molar-refractivity contribution in [2.75, 3.05) is 13.1 Å². The Bertz CT molecular complexity index is 1240. The standard InChI is InChI=1S/C27H32N4O4/c1-31-21-13-6-5-11-19(21)22(23(31)25(33)34)27(26(28)35)14-8-7-12-20(27)24(32)30-16-15-29-17-18-9-3-2-4-10-18/h2-6,9-11,13,20,29H,7-8,12,14-17H2,1H3,(H2,28,35)(H,30,32)(H,33,34)/t20-,27-/m0/s1. The molecule has 2 aromatic carbocycles. The highest BCUT2D eigenvalue weighted by atomic mass is 16.4. The van der Waals surface area contributed by atoms with Gasteiger partial charge in [-0.3, -0.25) is 9.59 Å². The van der Waals surface area contributed by atoms with Crippen molar-refractivity contribution in [1.29, 1.82) is 0 Å². The Morgan fingerprint density at radius 2 is 1.77 bits per heavy atom. The number of carbonyl (C=O) groups is 3. The van der Waals surface area contributed by atoms with Crippen molar-refractivity contribution in [1.82, 2.24) is 15.2 Å². The van der Waals surface area contributed by atoms with Crippen LogP contribution in [0.25, 0.3) is 10.9 Å². The summed E-state index contributed by atoms with van der Waals surface area (Å²) in [6.07, 6.45) is 2.26. The molecule has 0 spiro atoms. The number of carbonyl (C=O) groups excluding carboxylic acids is 2. The molecule has 2 atom stereocenters. The zero-order valence-electron chi connectivity index (χ0n) is 19.9. The minimum atomic E-state index is -1.39. The first-order valence-corrected chi connectivity index (χ1v) is 12.0. The summed E-state index contributed by atoms with van der Waals surface area (Å²) < 4.78 is 1.58. The topological polar surface area (TPSA) is 126 Å². The van der Waals surface area contributed by atoms with Gasteiger partial charge < -0.3 is 26.0 Å². The van der Waals surface area contributed by atoms with Crippen LogP contribution in [0.3, 0.4) is 0 Å². The first-order valence-electron chi connectivity index (χ1n) is 12.0. The average molecular weight is 477 g/mol. The third-order valence-corrected chi connectivity index (χ3v) is 7.19. The van der Waals surface area contributed by atoms with Crippen molar-refractivity contribution in [3.63, 3.8) is 0 Å². The lowest BCUT2D eigenvalue weighted by atomic mass is 9.61. The number of nitrogens with zero attached hydrogens (tertiary/aromatic N) is 1. The van der Waals surface area contributed by atoms with Gasteiger partial charge in [0.05, 0.1) is 11.3 Å². The minimum Gasteiger partial charge on any atom is -0.477 e. The molecule has 1 aliphatic rings. The molecule has 1 heterocycles. The second-order valence-electron chi connectivity index (χ2n) is 9.19. The molecule has 0 bridgehead atoms. The van der Waals surface area contributed by atoms with E-state index in [-0.39, 0.29) is 11.6 Å². The van der Waals surface area contributed by atoms with E-state index in [0.29, 0.717) is 55.4 Å². The molecule has 4 rings (SSSR count). The van der Waals surface area contributed by atoms with Crippen molar-refractivity contribution in [2.45, 2.75) is 37.6 Å². The lowest BCUT2D eigenvalue weighted by molar-refractivity contribution is -0.137. The van der Waals surface area contributed by atoms with E-state index in [1.165, 1.54) is 0 Å². The number of amides is 2. The van der Waals surface area contributed by atoms with Crippen LogP contribution in [-0.4, -0.2) is 40.5 Å². The van der Waals surface area contributed by atoms with Crippen LogP contribution >= 0.6 is 0 Å². The Labute approximate surface area is 204 Å². The van der Waals surface area contributed by atoms with E-state index in [4.69, 9.17) is 5.73 Å². The van der Waals surface area contributed by atoms with Gasteiger partial charge in [0.25, 0.3) is 0 Å². The Morgan fingerprint density at radius 1 is 1.06 bits per heavy atom. The minimum absolute atomic E-state index is 0.00854. The predicted molar refractivity (Wildman–Crippen MR) is 134 cm³/mol. The lowest BCUT2D eigenvalue weighted by Gasteiger charge is -2.41. The summed E-state index contributed by atoms with van der Waals surface area (Å²) >= 11 is 0. The number of hydrogen-bond acceptors (Lipinski definition) is 4. The molecular weight excluding hydrogens is 444 g/mol. The maximum atomic E-state index is 13.4. The smallest absolute Gasteiger partial charge is 0.352 e. The molecule has 1 fully saturated rings. The summed E-state index contributed by atoms with van der Waals surface area (Å²) in [4.78, 5) is 39.0. The molecule has 1 aliphatic carbocycles. The Hall–Kier alpha value is -3.65. The number of fused-ring (bicyclic) bond motifs is 1. The molecule has 8 nitrogen and oxygen atoms in total. The maximum absolute atomic E-state index is 13.4. The van der Waals surface area contributed by atoms with Gasteiger partial charge in [-0.2, -0.15) is 0 Å². The van der Waals surface area contributed by atoms with Crippen molar-refractivity contribution in [2.24, 2.45) is 18.7 Å². The van der Waals surface area contributed by atoms with Gasteiger partial charge in [0.2, 0.25) is 11.8 Å². The average Bonchev–Trinajstić information content (AvgIpc) is 3.17. The second-order valence-corrected chi connectivity index (χ2v) is 9.19. The number of aryl methyl sites for hydroxylation is 1. The SMILES string of the molecule is Cn1c(C(=O)O)c([C@]2(C(N)=O)CCCC[C@H]2C(=O)NCCNCc2ccccc2)c2ccccc21. The molecule has 184 valence electrons. The summed E-state index contributed by atoms with van der Waals surface area (Å²) in [6, 6.07) is 17.2. The molecular formula is C27H32N4O4. The molecule has 0 unspecified atom stereocenters. The summed E-state index contributed by atoms with van der Waals surface area (Å²) in [5, 5.41) is 17.0. The maximum Gasteiger partial charge on any atom is 0.352 e. The van der Waals surface area contributed by atoms with Crippen LogP contribution in [0.15, 0.2) is 54.6 Å². The number of para-hydroxylation sites is 1. The summed E-state index contributed by atoms with van der Waals surface area (Å²) in [5.41, 5.74) is 6.85. The number of carboxylic acids is 1. The third-order valence-electron chi connectivity index (χ3n) is 7.19. The molecule has 0 radical (unpaired) electrons. The zero-order valence-corrected chi connectivity index (χ0v) is 19.9. The quantitative estimate of drug-likeness (QED) is 0.353. The summed E-state index contributed by atoms with van der Waals surface area (Å²) in [7, 11) is 1.67. The predicted octanol–water partition coefficient (Wildman–Crippen LogP) is 2.70. The van der Waals surface area contributed by atoms with Crippen molar-refractivity contribution < 1.29 is 19.5 Å². The summed E-state index contributed by atoms with van der Waals surface area (Å²) in [5.74, 6) is -2.81. The number of hydrogen-bond donors (Lipinski definition) is 4. The molecule has 5 N–H and O–H groups in total. The number of rotatable bonds is 9. The van der Waals surface area contributed by atoms with E-state index in [1.807, 2.05) is 48.5 Å². The van der Waals surface area contributed by atoms with Gasteiger partial charge in [-0.25, -0.2) is 4.79 Å². The molecule has 1 aromatic heterocycles. The highest BCUT2D eigenvalue weighted by Crippen LogP contribution is 2.48. The molecule has 1 saturated carbocycles. The van der Waals surface area contributed by atoms with E-state index in [2.05, 4.69) is 10.6 Å². The normalized spacial score (nSPS) is 20.0. The lowest BCUT2D eigenvalue weighted by Crippen LogP contribution is -2.55. The molecule has 2 amide bonds. The van der Waals surface area contributed by atoms with Crippen LogP contribution < -0.4 is 16.4 Å². The number of benzene rings is 2. The highest BCUT2D eigenvalue weighted by Gasteiger charge is 2.53. The number of nitrogens with one attached hydrogen (secondary N) is 2. The van der Waals surface area contributed by atoms with E-state index < -0.39 is 23.2 Å². The molecule has 0 aliphatic heterocycles. The third kappa shape index (κ3) is 4.53. The van der Waals surface area contributed by atoms with Gasteiger partial charge in [-0.05, 0) is 24.5 Å². The number of carboxylic acid groups (broad SMARTS) is 1. The van der Waals surface area contributed by atoms with Crippen LogP contribution in [-0.2, 0) is 28.6 Å². The van der Waals surface area contributed by atoms with Crippen LogP contribution in [0.5, 0.6) is 0 Å². The van der Waals surface area contributed by atoms with Crippen molar-refractivity contribution >= 4 is 28.7 Å². The number of primary amides is 1. The van der Waals surface area contributed by atoms with Gasteiger partial charge in [0.1, 0.15) is 5.69 Å². The zero-order chi connectivity index (χ0) is 25.0. The second kappa shape index (κ2) is 10.3. The number of aromatic carboxylic acids is 1. The first kappa shape index (κ1) is 24.5. The monoisotopic (exact) mass is 476 g/mol. The highest BCUT2D eigenvalue weighted by molar-refractivity contribution is 6.05. The van der Waals surface area contributed by atoms with Gasteiger partial charge in [-0.1, -0.05) is 61.4 Å². The fraction of sp³-hybridized carbons (Fsp3) is 0.370. The van der Waals surface area contributed by atoms with Crippen LogP contribution in [0.4, 0.5) is 0 Å². The number of aromatic nitrogens is 1. The van der Waals surface area contributed by atoms with E-state index in [0.717, 1.165) is 12.0 Å². The fourth-order valence-electron chi connectivity index (χ4n) is 5.57. The first-order chi connectivity index (χ1) is 16.9. The Morgan fingerprint density at radius 3 is 2.49 bits per heavy atom. The van der Waals surface area contributed by atoms with E-state index in [9.17, 15) is 19.5 Å². The van der Waals surface area contributed by atoms with Gasteiger partial charge >= 0.3 is 5.97 Å². The van der Waals surface area contributed by atoms with Crippen LogP contribution in [0.2, 0.25) is 0 Å². The largest absolute Gasteiger partial charge is 0.477 e. The van der Waals surface area contributed by atoms with Crippen molar-refractivity contribution in [3.8, 4) is 0 Å².